The van der Waals surface area contributed by atoms with E-state index in [-0.39, 0.29) is 0 Å². The first-order valence-electron chi connectivity index (χ1n) is 3.91. The standard InChI is InChI=1S/C9H6INS2/c1-4-2-5-8(12-4)9-6(11-5)3-7(10)13-9/h2-3,11H,1H3. The second kappa shape index (κ2) is 2.71. The van der Waals surface area contributed by atoms with E-state index in [0.29, 0.717) is 0 Å². The van der Waals surface area contributed by atoms with Crippen molar-refractivity contribution in [1.82, 2.24) is 4.98 Å². The van der Waals surface area contributed by atoms with E-state index in [1.807, 2.05) is 22.7 Å². The minimum Gasteiger partial charge on any atom is -0.353 e. The van der Waals surface area contributed by atoms with Gasteiger partial charge in [0.25, 0.3) is 0 Å². The lowest BCUT2D eigenvalue weighted by atomic mass is 10.4. The molecule has 3 aromatic rings. The van der Waals surface area contributed by atoms with Gasteiger partial charge in [-0.1, -0.05) is 0 Å². The van der Waals surface area contributed by atoms with Gasteiger partial charge < -0.3 is 4.98 Å². The topological polar surface area (TPSA) is 15.8 Å². The average Bonchev–Trinajstić information content (AvgIpc) is 2.60. The van der Waals surface area contributed by atoms with Crippen molar-refractivity contribution < 1.29 is 0 Å². The van der Waals surface area contributed by atoms with Gasteiger partial charge in [-0.15, -0.1) is 22.7 Å². The zero-order chi connectivity index (χ0) is 9.00. The fourth-order valence-corrected chi connectivity index (χ4v) is 4.48. The first kappa shape index (κ1) is 8.26. The second-order valence-electron chi connectivity index (χ2n) is 3.02. The van der Waals surface area contributed by atoms with Gasteiger partial charge in [0, 0.05) is 4.88 Å². The van der Waals surface area contributed by atoms with Crippen molar-refractivity contribution in [3.05, 3.63) is 19.9 Å². The molecule has 0 radical (unpaired) electrons. The number of nitrogens with one attached hydrogen (secondary N) is 1. The maximum atomic E-state index is 3.44. The first-order valence-corrected chi connectivity index (χ1v) is 6.62. The Hall–Kier alpha value is -0.0700. The molecule has 0 saturated heterocycles. The van der Waals surface area contributed by atoms with Crippen molar-refractivity contribution in [1.29, 1.82) is 0 Å². The first-order chi connectivity index (χ1) is 6.24. The number of hydrogen-bond donors (Lipinski definition) is 1. The zero-order valence-electron chi connectivity index (χ0n) is 6.85. The highest BCUT2D eigenvalue weighted by atomic mass is 127. The Kier molecular flexibility index (Phi) is 1.72. The van der Waals surface area contributed by atoms with Crippen LogP contribution >= 0.6 is 45.3 Å². The van der Waals surface area contributed by atoms with E-state index in [1.165, 1.54) is 28.2 Å². The number of halogens is 1. The summed E-state index contributed by atoms with van der Waals surface area (Å²) >= 11 is 6.12. The quantitative estimate of drug-likeness (QED) is 0.593. The Bertz CT molecular complexity index is 536. The average molecular weight is 319 g/mol. The summed E-state index contributed by atoms with van der Waals surface area (Å²) in [6.07, 6.45) is 0. The minimum absolute atomic E-state index is 1.29. The molecule has 1 N–H and O–H groups in total. The molecule has 0 aliphatic heterocycles. The lowest BCUT2D eigenvalue weighted by Gasteiger charge is -1.75. The van der Waals surface area contributed by atoms with Crippen LogP contribution in [-0.4, -0.2) is 4.98 Å². The summed E-state index contributed by atoms with van der Waals surface area (Å²) in [6.45, 7) is 2.16. The molecule has 13 heavy (non-hydrogen) atoms. The zero-order valence-corrected chi connectivity index (χ0v) is 10.6. The Morgan fingerprint density at radius 3 is 2.69 bits per heavy atom. The van der Waals surface area contributed by atoms with Crippen molar-refractivity contribution in [3.63, 3.8) is 0 Å². The molecule has 0 aliphatic rings. The van der Waals surface area contributed by atoms with Crippen LogP contribution in [0.5, 0.6) is 0 Å². The molecule has 0 saturated carbocycles. The molecule has 0 amide bonds. The van der Waals surface area contributed by atoms with Crippen LogP contribution in [0.1, 0.15) is 4.88 Å². The number of H-pyrrole nitrogens is 1. The van der Waals surface area contributed by atoms with Gasteiger partial charge in [-0.3, -0.25) is 0 Å². The molecule has 0 aromatic carbocycles. The largest absolute Gasteiger partial charge is 0.353 e. The van der Waals surface area contributed by atoms with Crippen molar-refractivity contribution in [2.45, 2.75) is 6.92 Å². The monoisotopic (exact) mass is 319 g/mol. The molecule has 0 spiro atoms. The number of thiophene rings is 2. The number of hydrogen-bond acceptors (Lipinski definition) is 2. The van der Waals surface area contributed by atoms with Gasteiger partial charge in [0.05, 0.1) is 23.3 Å². The lowest BCUT2D eigenvalue weighted by molar-refractivity contribution is 1.54. The van der Waals surface area contributed by atoms with E-state index >= 15 is 0 Å². The summed E-state index contributed by atoms with van der Waals surface area (Å²) in [6, 6.07) is 4.43. The highest BCUT2D eigenvalue weighted by Gasteiger charge is 2.09. The molecule has 3 rings (SSSR count). The van der Waals surface area contributed by atoms with Gasteiger partial charge in [0.2, 0.25) is 0 Å². The molecule has 4 heteroatoms. The summed E-state index contributed by atoms with van der Waals surface area (Å²) in [5.41, 5.74) is 2.58. The SMILES string of the molecule is Cc1cc2[nH]c3cc(I)sc3c2s1. The van der Waals surface area contributed by atoms with Gasteiger partial charge in [-0.05, 0) is 41.6 Å². The van der Waals surface area contributed by atoms with Crippen LogP contribution in [0.2, 0.25) is 0 Å². The van der Waals surface area contributed by atoms with Crippen molar-refractivity contribution in [2.24, 2.45) is 0 Å². The maximum absolute atomic E-state index is 3.44. The highest BCUT2D eigenvalue weighted by Crippen LogP contribution is 2.37. The predicted molar refractivity (Wildman–Crippen MR) is 69.0 cm³/mol. The summed E-state index contributed by atoms with van der Waals surface area (Å²) in [4.78, 5) is 4.82. The minimum atomic E-state index is 1.29. The predicted octanol–water partition coefficient (Wildman–Crippen LogP) is 4.36. The van der Waals surface area contributed by atoms with Crippen LogP contribution in [0.4, 0.5) is 0 Å². The molecule has 66 valence electrons. The molecule has 1 nitrogen and oxygen atoms in total. The molecule has 0 unspecified atom stereocenters. The van der Waals surface area contributed by atoms with Crippen LogP contribution < -0.4 is 0 Å². The normalized spacial score (nSPS) is 11.8. The molecule has 0 fully saturated rings. The third-order valence-corrected chi connectivity index (χ3v) is 5.14. The third-order valence-electron chi connectivity index (χ3n) is 2.03. The number of aryl methyl sites for hydroxylation is 1. The van der Waals surface area contributed by atoms with Crippen molar-refractivity contribution in [2.75, 3.05) is 0 Å². The summed E-state index contributed by atoms with van der Waals surface area (Å²) in [5.74, 6) is 0. The second-order valence-corrected chi connectivity index (χ2v) is 7.22. The molecular weight excluding hydrogens is 313 g/mol. The molecule has 0 bridgehead atoms. The van der Waals surface area contributed by atoms with Gasteiger partial charge in [-0.2, -0.15) is 0 Å². The fraction of sp³-hybridized carbons (Fsp3) is 0.111. The van der Waals surface area contributed by atoms with Crippen LogP contribution in [0.25, 0.3) is 20.4 Å². The van der Waals surface area contributed by atoms with Crippen LogP contribution in [-0.2, 0) is 0 Å². The van der Waals surface area contributed by atoms with Gasteiger partial charge in [0.15, 0.2) is 0 Å². The van der Waals surface area contributed by atoms with Gasteiger partial charge in [0.1, 0.15) is 0 Å². The number of aromatic amines is 1. The van der Waals surface area contributed by atoms with E-state index in [0.717, 1.165) is 0 Å². The van der Waals surface area contributed by atoms with Crippen molar-refractivity contribution in [3.8, 4) is 0 Å². The van der Waals surface area contributed by atoms with Crippen LogP contribution in [0.3, 0.4) is 0 Å². The van der Waals surface area contributed by atoms with Gasteiger partial charge >= 0.3 is 0 Å². The molecule has 3 aromatic heterocycles. The van der Waals surface area contributed by atoms with E-state index in [4.69, 9.17) is 0 Å². The van der Waals surface area contributed by atoms with E-state index in [9.17, 15) is 0 Å². The van der Waals surface area contributed by atoms with E-state index in [2.05, 4.69) is 46.6 Å². The molecule has 0 aliphatic carbocycles. The Morgan fingerprint density at radius 1 is 1.15 bits per heavy atom. The third kappa shape index (κ3) is 1.15. The Labute approximate surface area is 96.9 Å². The maximum Gasteiger partial charge on any atom is 0.0710 e. The molecule has 3 heterocycles. The molecule has 0 atom stereocenters. The lowest BCUT2D eigenvalue weighted by Crippen LogP contribution is -1.59. The summed E-state index contributed by atoms with van der Waals surface area (Å²) in [7, 11) is 0. The van der Waals surface area contributed by atoms with Crippen LogP contribution in [0, 0.1) is 9.81 Å². The smallest absolute Gasteiger partial charge is 0.0710 e. The van der Waals surface area contributed by atoms with E-state index in [1.54, 1.807) is 0 Å². The fourth-order valence-electron chi connectivity index (χ4n) is 1.54. The van der Waals surface area contributed by atoms with Crippen molar-refractivity contribution >= 4 is 65.7 Å². The summed E-state index contributed by atoms with van der Waals surface area (Å²) in [5, 5.41) is 0. The number of rotatable bonds is 0. The number of fused-ring (bicyclic) bond motifs is 3. The van der Waals surface area contributed by atoms with Crippen LogP contribution in [0.15, 0.2) is 12.1 Å². The molecular formula is C9H6INS2. The van der Waals surface area contributed by atoms with Gasteiger partial charge in [-0.25, -0.2) is 0 Å². The Morgan fingerprint density at radius 2 is 1.85 bits per heavy atom. The number of aromatic nitrogens is 1. The summed E-state index contributed by atoms with van der Waals surface area (Å²) < 4.78 is 4.18. The van der Waals surface area contributed by atoms with E-state index < -0.39 is 0 Å². The Balaban J connectivity index is 2.56. The highest BCUT2D eigenvalue weighted by molar-refractivity contribution is 14.1.